The van der Waals surface area contributed by atoms with Gasteiger partial charge in [0.05, 0.1) is 12.3 Å². The third-order valence-electron chi connectivity index (χ3n) is 2.85. The second-order valence-electron chi connectivity index (χ2n) is 4.30. The van der Waals surface area contributed by atoms with Crippen LogP contribution < -0.4 is 4.72 Å². The molecule has 0 spiro atoms. The number of pyridine rings is 1. The average molecular weight is 327 g/mol. The van der Waals surface area contributed by atoms with Crippen LogP contribution in [-0.2, 0) is 21.2 Å². The maximum absolute atomic E-state index is 12.4. The molecule has 1 N–H and O–H groups in total. The number of hydrogen-bond donors (Lipinski definition) is 1. The first-order valence-corrected chi connectivity index (χ1v) is 8.11. The number of aromatic nitrogens is 1. The van der Waals surface area contributed by atoms with E-state index in [2.05, 4.69) is 9.71 Å². The van der Waals surface area contributed by atoms with Crippen molar-refractivity contribution in [1.82, 2.24) is 4.98 Å². The molecule has 2 rings (SSSR count). The lowest BCUT2D eigenvalue weighted by atomic mass is 10.1. The van der Waals surface area contributed by atoms with Crippen molar-refractivity contribution in [3.63, 3.8) is 0 Å². The van der Waals surface area contributed by atoms with Gasteiger partial charge in [0.1, 0.15) is 10.0 Å². The number of methoxy groups -OCH3 is 1. The molecular formula is C14H15ClN2O3S. The molecule has 112 valence electrons. The Hall–Kier alpha value is -1.63. The predicted octanol–water partition coefficient (Wildman–Crippen LogP) is 2.72. The van der Waals surface area contributed by atoms with Crippen LogP contribution in [0.2, 0.25) is 5.15 Å². The highest BCUT2D eigenvalue weighted by molar-refractivity contribution is 7.92. The average Bonchev–Trinajstić information content (AvgIpc) is 2.46. The van der Waals surface area contributed by atoms with Gasteiger partial charge in [0.2, 0.25) is 0 Å². The summed E-state index contributed by atoms with van der Waals surface area (Å²) in [5, 5.41) is -0.0561. The van der Waals surface area contributed by atoms with Crippen molar-refractivity contribution in [2.75, 3.05) is 18.4 Å². The summed E-state index contributed by atoms with van der Waals surface area (Å²) in [4.78, 5) is 3.74. The normalized spacial score (nSPS) is 11.3. The largest absolute Gasteiger partial charge is 0.384 e. The molecule has 0 saturated heterocycles. The van der Waals surface area contributed by atoms with Gasteiger partial charge in [-0.3, -0.25) is 4.72 Å². The van der Waals surface area contributed by atoms with Crippen LogP contribution in [0, 0.1) is 0 Å². The zero-order chi connectivity index (χ0) is 15.3. The SMILES string of the molecule is COCCc1ccccc1NS(=O)(=O)c1cccnc1Cl. The Bertz CT molecular complexity index is 720. The first-order valence-electron chi connectivity index (χ1n) is 6.25. The molecule has 1 aromatic heterocycles. The van der Waals surface area contributed by atoms with E-state index in [0.717, 1.165) is 5.56 Å². The minimum absolute atomic E-state index is 0.0480. The van der Waals surface area contributed by atoms with Crippen molar-refractivity contribution in [3.8, 4) is 0 Å². The minimum Gasteiger partial charge on any atom is -0.384 e. The van der Waals surface area contributed by atoms with E-state index in [1.54, 1.807) is 19.2 Å². The number of para-hydroxylation sites is 1. The van der Waals surface area contributed by atoms with Gasteiger partial charge in [0.25, 0.3) is 10.0 Å². The zero-order valence-corrected chi connectivity index (χ0v) is 13.0. The number of halogens is 1. The molecule has 0 fully saturated rings. The van der Waals surface area contributed by atoms with Gasteiger partial charge in [0.15, 0.2) is 0 Å². The molecular weight excluding hydrogens is 312 g/mol. The number of rotatable bonds is 6. The Kier molecular flexibility index (Phi) is 5.17. The van der Waals surface area contributed by atoms with E-state index in [1.807, 2.05) is 12.1 Å². The first kappa shape index (κ1) is 15.8. The van der Waals surface area contributed by atoms with E-state index >= 15 is 0 Å². The predicted molar refractivity (Wildman–Crippen MR) is 82.1 cm³/mol. The summed E-state index contributed by atoms with van der Waals surface area (Å²) < 4.78 is 32.3. The number of sulfonamides is 1. The van der Waals surface area contributed by atoms with E-state index in [0.29, 0.717) is 18.7 Å². The van der Waals surface area contributed by atoms with Crippen molar-refractivity contribution in [1.29, 1.82) is 0 Å². The summed E-state index contributed by atoms with van der Waals surface area (Å²) in [6, 6.07) is 10.1. The topological polar surface area (TPSA) is 68.3 Å². The summed E-state index contributed by atoms with van der Waals surface area (Å²) in [6.07, 6.45) is 2.05. The van der Waals surface area contributed by atoms with Crippen LogP contribution in [0.25, 0.3) is 0 Å². The maximum Gasteiger partial charge on any atom is 0.264 e. The minimum atomic E-state index is -3.78. The third kappa shape index (κ3) is 3.93. The van der Waals surface area contributed by atoms with Crippen molar-refractivity contribution >= 4 is 27.3 Å². The van der Waals surface area contributed by atoms with Crippen molar-refractivity contribution in [3.05, 3.63) is 53.3 Å². The fraction of sp³-hybridized carbons (Fsp3) is 0.214. The Morgan fingerprint density at radius 3 is 2.71 bits per heavy atom. The number of nitrogens with one attached hydrogen (secondary N) is 1. The summed E-state index contributed by atoms with van der Waals surface area (Å²) >= 11 is 5.85. The molecule has 0 saturated carbocycles. The van der Waals surface area contributed by atoms with Gasteiger partial charge in [-0.05, 0) is 30.2 Å². The first-order chi connectivity index (χ1) is 10.0. The molecule has 0 unspecified atom stereocenters. The smallest absolute Gasteiger partial charge is 0.264 e. The highest BCUT2D eigenvalue weighted by Gasteiger charge is 2.19. The van der Waals surface area contributed by atoms with Crippen molar-refractivity contribution in [2.24, 2.45) is 0 Å². The lowest BCUT2D eigenvalue weighted by molar-refractivity contribution is 0.202. The number of hydrogen-bond acceptors (Lipinski definition) is 4. The fourth-order valence-electron chi connectivity index (χ4n) is 1.82. The summed E-state index contributed by atoms with van der Waals surface area (Å²) in [7, 11) is -2.18. The maximum atomic E-state index is 12.4. The monoisotopic (exact) mass is 326 g/mol. The van der Waals surface area contributed by atoms with Gasteiger partial charge in [-0.1, -0.05) is 29.8 Å². The molecule has 0 bridgehead atoms. The van der Waals surface area contributed by atoms with Crippen LogP contribution in [0.4, 0.5) is 5.69 Å². The third-order valence-corrected chi connectivity index (χ3v) is 4.66. The molecule has 1 aromatic carbocycles. The number of ether oxygens (including phenoxy) is 1. The van der Waals surface area contributed by atoms with Gasteiger partial charge in [-0.2, -0.15) is 0 Å². The van der Waals surface area contributed by atoms with Crippen LogP contribution in [0.15, 0.2) is 47.5 Å². The molecule has 21 heavy (non-hydrogen) atoms. The van der Waals surface area contributed by atoms with Gasteiger partial charge in [0, 0.05) is 13.3 Å². The molecule has 0 amide bonds. The van der Waals surface area contributed by atoms with Crippen LogP contribution >= 0.6 is 11.6 Å². The molecule has 7 heteroatoms. The van der Waals surface area contributed by atoms with Crippen LogP contribution in [0.5, 0.6) is 0 Å². The Labute approximate surface area is 129 Å². The van der Waals surface area contributed by atoms with Gasteiger partial charge >= 0.3 is 0 Å². The van der Waals surface area contributed by atoms with E-state index in [-0.39, 0.29) is 10.0 Å². The zero-order valence-electron chi connectivity index (χ0n) is 11.4. The molecule has 0 radical (unpaired) electrons. The highest BCUT2D eigenvalue weighted by atomic mass is 35.5. The van der Waals surface area contributed by atoms with Crippen molar-refractivity contribution in [2.45, 2.75) is 11.3 Å². The Morgan fingerprint density at radius 1 is 1.24 bits per heavy atom. The molecule has 0 aliphatic heterocycles. The second kappa shape index (κ2) is 6.89. The Morgan fingerprint density at radius 2 is 2.00 bits per heavy atom. The van der Waals surface area contributed by atoms with Gasteiger partial charge < -0.3 is 4.74 Å². The molecule has 0 aliphatic rings. The molecule has 2 aromatic rings. The van der Waals surface area contributed by atoms with E-state index in [1.165, 1.54) is 18.3 Å². The fourth-order valence-corrected chi connectivity index (χ4v) is 3.38. The van der Waals surface area contributed by atoms with E-state index in [9.17, 15) is 8.42 Å². The van der Waals surface area contributed by atoms with E-state index in [4.69, 9.17) is 16.3 Å². The molecule has 0 aliphatic carbocycles. The van der Waals surface area contributed by atoms with E-state index < -0.39 is 10.0 Å². The van der Waals surface area contributed by atoms with Crippen LogP contribution in [-0.4, -0.2) is 27.1 Å². The van der Waals surface area contributed by atoms with Gasteiger partial charge in [-0.15, -0.1) is 0 Å². The number of nitrogens with zero attached hydrogens (tertiary/aromatic N) is 1. The van der Waals surface area contributed by atoms with Gasteiger partial charge in [-0.25, -0.2) is 13.4 Å². The van der Waals surface area contributed by atoms with Crippen molar-refractivity contribution < 1.29 is 13.2 Å². The second-order valence-corrected chi connectivity index (χ2v) is 6.31. The number of benzene rings is 1. The molecule has 5 nitrogen and oxygen atoms in total. The molecule has 0 atom stereocenters. The summed E-state index contributed by atoms with van der Waals surface area (Å²) in [5.41, 5.74) is 1.36. The summed E-state index contributed by atoms with van der Waals surface area (Å²) in [6.45, 7) is 0.506. The quantitative estimate of drug-likeness (QED) is 0.829. The highest BCUT2D eigenvalue weighted by Crippen LogP contribution is 2.23. The lowest BCUT2D eigenvalue weighted by Crippen LogP contribution is -2.15. The standard InChI is InChI=1S/C14H15ClN2O3S/c1-20-10-8-11-5-2-3-6-12(11)17-21(18,19)13-7-4-9-16-14(13)15/h2-7,9,17H,8,10H2,1H3. The van der Waals surface area contributed by atoms with Crippen LogP contribution in [0.3, 0.4) is 0 Å². The number of anilines is 1. The van der Waals surface area contributed by atoms with Crippen LogP contribution in [0.1, 0.15) is 5.56 Å². The summed E-state index contributed by atoms with van der Waals surface area (Å²) in [5.74, 6) is 0. The molecule has 1 heterocycles. The Balaban J connectivity index is 2.31. The lowest BCUT2D eigenvalue weighted by Gasteiger charge is -2.12.